The summed E-state index contributed by atoms with van der Waals surface area (Å²) in [5, 5.41) is 14.0. The number of esters is 2. The van der Waals surface area contributed by atoms with Crippen molar-refractivity contribution in [3.63, 3.8) is 0 Å². The molecule has 3 atom stereocenters. The van der Waals surface area contributed by atoms with Gasteiger partial charge in [0.25, 0.3) is 5.91 Å². The second-order valence-electron chi connectivity index (χ2n) is 16.1. The molecule has 2 aromatic heterocycles. The van der Waals surface area contributed by atoms with Crippen LogP contribution in [0.2, 0.25) is 0 Å². The third kappa shape index (κ3) is 14.1. The van der Waals surface area contributed by atoms with E-state index in [9.17, 15) is 24.0 Å². The first-order chi connectivity index (χ1) is 27.7. The maximum atomic E-state index is 13.8. The topological polar surface area (TPSA) is 227 Å². The van der Waals surface area contributed by atoms with Crippen LogP contribution in [-0.4, -0.2) is 111 Å². The molecule has 1 unspecified atom stereocenters. The average Bonchev–Trinajstić information content (AvgIpc) is 3.82. The highest BCUT2D eigenvalue weighted by Gasteiger charge is 2.44. The lowest BCUT2D eigenvalue weighted by Gasteiger charge is -2.36. The molecule has 0 radical (unpaired) electrons. The zero-order valence-electron chi connectivity index (χ0n) is 35.2. The Morgan fingerprint density at radius 3 is 2.24 bits per heavy atom. The molecule has 1 saturated heterocycles. The van der Waals surface area contributed by atoms with Gasteiger partial charge in [-0.3, -0.25) is 19.9 Å². The Morgan fingerprint density at radius 2 is 1.61 bits per heavy atom. The number of β-lactam (4-membered cyclic amide) rings is 1. The van der Waals surface area contributed by atoms with Crippen LogP contribution in [0.15, 0.2) is 27.8 Å². The minimum Gasteiger partial charge on any atom is -0.490 e. The molecule has 0 aliphatic carbocycles. The van der Waals surface area contributed by atoms with E-state index in [-0.39, 0.29) is 28.9 Å². The van der Waals surface area contributed by atoms with Crippen molar-refractivity contribution < 1.29 is 52.5 Å². The lowest BCUT2D eigenvalue weighted by Crippen LogP contribution is -2.71. The Morgan fingerprint density at radius 1 is 0.949 bits per heavy atom. The number of rotatable bonds is 18. The standard InChI is InChI=1S/C39H55N7O11S2/c1-11-13-15-52-26-17-22(40-18-27(26)53-16-14-12-2)32-42-25(21-58-32)33(49)54-19-23-28(30(47)41-23)44-31(48)29(46-57-39(9,10)34(50)55-37(3,4)5)24-20-59-35(43-24)45-36(51)56-38(6,7)8/h17-18,21,23-24,28H,11-16,19-20H2,1-10H3,(H,41,47)(H,44,48)(H,43,45,51)/b46-29-/t23-,24?,28+/m1/s1. The van der Waals surface area contributed by atoms with Crippen molar-refractivity contribution in [3.05, 3.63) is 23.3 Å². The van der Waals surface area contributed by atoms with Crippen molar-refractivity contribution in [1.82, 2.24) is 25.9 Å². The maximum absolute atomic E-state index is 13.8. The molecular formula is C39H55N7O11S2. The third-order valence-corrected chi connectivity index (χ3v) is 9.87. The molecule has 324 valence electrons. The minimum atomic E-state index is -1.63. The van der Waals surface area contributed by atoms with Gasteiger partial charge in [0.05, 0.1) is 25.5 Å². The number of aromatic nitrogens is 2. The number of unbranched alkanes of at least 4 members (excludes halogenated alkanes) is 2. The van der Waals surface area contributed by atoms with Crippen LogP contribution < -0.4 is 25.4 Å². The van der Waals surface area contributed by atoms with Crippen LogP contribution in [0.1, 0.15) is 105 Å². The second kappa shape index (κ2) is 20.3. The first-order valence-corrected chi connectivity index (χ1v) is 21.3. The number of thiazole rings is 1. The van der Waals surface area contributed by atoms with Crippen LogP contribution in [0.3, 0.4) is 0 Å². The first kappa shape index (κ1) is 46.7. The van der Waals surface area contributed by atoms with Gasteiger partial charge in [0.2, 0.25) is 11.5 Å². The maximum Gasteiger partial charge on any atom is 0.413 e. The van der Waals surface area contributed by atoms with Crippen molar-refractivity contribution in [2.45, 2.75) is 130 Å². The van der Waals surface area contributed by atoms with E-state index in [2.05, 4.69) is 49.9 Å². The fraction of sp³-hybridized carbons (Fsp3) is 0.615. The highest BCUT2D eigenvalue weighted by atomic mass is 32.2. The van der Waals surface area contributed by atoms with E-state index in [0.29, 0.717) is 35.4 Å². The Labute approximate surface area is 352 Å². The lowest BCUT2D eigenvalue weighted by atomic mass is 9.99. The van der Waals surface area contributed by atoms with Crippen LogP contribution in [0.5, 0.6) is 11.5 Å². The molecule has 4 heterocycles. The third-order valence-electron chi connectivity index (χ3n) is 8.04. The van der Waals surface area contributed by atoms with Gasteiger partial charge in [0, 0.05) is 17.2 Å². The molecule has 59 heavy (non-hydrogen) atoms. The van der Waals surface area contributed by atoms with Crippen molar-refractivity contribution in [2.24, 2.45) is 10.1 Å². The number of carbonyl (C=O) groups excluding carboxylic acids is 5. The Balaban J connectivity index is 1.44. The molecule has 0 aromatic carbocycles. The monoisotopic (exact) mass is 861 g/mol. The van der Waals surface area contributed by atoms with Crippen LogP contribution in [0.25, 0.3) is 10.7 Å². The van der Waals surface area contributed by atoms with E-state index in [1.54, 1.807) is 53.8 Å². The van der Waals surface area contributed by atoms with E-state index >= 15 is 0 Å². The Bertz CT molecular complexity index is 1900. The molecule has 0 spiro atoms. The van der Waals surface area contributed by atoms with Crippen LogP contribution in [0, 0.1) is 0 Å². The molecule has 0 bridgehead atoms. The molecular weight excluding hydrogens is 807 g/mol. The highest BCUT2D eigenvalue weighted by Crippen LogP contribution is 2.33. The SMILES string of the molecule is CCCCOc1cnc(-c2nc(C(=O)OC[C@H]3NC(=O)[C@H]3NC(=O)/C(=N\OC(C)(C)C(=O)OC(C)(C)C)C3CSC(NC(=O)OC(C)(C)C)=N3)cs2)cc1OCCCC. The lowest BCUT2D eigenvalue weighted by molar-refractivity contribution is -0.179. The molecule has 20 heteroatoms. The summed E-state index contributed by atoms with van der Waals surface area (Å²) >= 11 is 2.32. The van der Waals surface area contributed by atoms with Gasteiger partial charge in [0.1, 0.15) is 40.6 Å². The molecule has 18 nitrogen and oxygen atoms in total. The highest BCUT2D eigenvalue weighted by molar-refractivity contribution is 8.14. The number of amides is 3. The van der Waals surface area contributed by atoms with Crippen LogP contribution in [0.4, 0.5) is 4.79 Å². The molecule has 2 aromatic rings. The summed E-state index contributed by atoms with van der Waals surface area (Å²) in [6.07, 6.45) is 4.54. The zero-order chi connectivity index (χ0) is 43.5. The summed E-state index contributed by atoms with van der Waals surface area (Å²) in [6.45, 7) is 18.0. The van der Waals surface area contributed by atoms with Gasteiger partial charge in [-0.05, 0) is 68.2 Å². The van der Waals surface area contributed by atoms with E-state index in [4.69, 9.17) is 28.5 Å². The predicted octanol–water partition coefficient (Wildman–Crippen LogP) is 5.19. The van der Waals surface area contributed by atoms with Crippen molar-refractivity contribution >= 4 is 63.8 Å². The summed E-state index contributed by atoms with van der Waals surface area (Å²) < 4.78 is 28.1. The van der Waals surface area contributed by atoms with Gasteiger partial charge in [-0.25, -0.2) is 24.4 Å². The van der Waals surface area contributed by atoms with Gasteiger partial charge in [0.15, 0.2) is 28.1 Å². The summed E-state index contributed by atoms with van der Waals surface area (Å²) in [5.41, 5.74) is -2.98. The summed E-state index contributed by atoms with van der Waals surface area (Å²) in [7, 11) is 0. The summed E-state index contributed by atoms with van der Waals surface area (Å²) in [4.78, 5) is 83.8. The van der Waals surface area contributed by atoms with E-state index in [1.807, 2.05) is 0 Å². The quantitative estimate of drug-likeness (QED) is 0.0438. The van der Waals surface area contributed by atoms with Crippen molar-refractivity contribution in [3.8, 4) is 22.2 Å². The molecule has 3 N–H and O–H groups in total. The van der Waals surface area contributed by atoms with Gasteiger partial charge in [-0.15, -0.1) is 11.3 Å². The molecule has 4 rings (SSSR count). The average molecular weight is 862 g/mol. The van der Waals surface area contributed by atoms with Crippen molar-refractivity contribution in [1.29, 1.82) is 0 Å². The minimum absolute atomic E-state index is 0.0290. The van der Waals surface area contributed by atoms with Gasteiger partial charge in [-0.2, -0.15) is 0 Å². The van der Waals surface area contributed by atoms with Gasteiger partial charge in [-0.1, -0.05) is 43.6 Å². The number of nitrogens with zero attached hydrogens (tertiary/aromatic N) is 4. The van der Waals surface area contributed by atoms with E-state index in [0.717, 1.165) is 37.4 Å². The number of ether oxygens (including phenoxy) is 5. The smallest absolute Gasteiger partial charge is 0.413 e. The number of aliphatic imine (C=N–C) groups is 1. The largest absolute Gasteiger partial charge is 0.490 e. The number of nitrogens with one attached hydrogen (secondary N) is 3. The fourth-order valence-electron chi connectivity index (χ4n) is 4.93. The molecule has 3 amide bonds. The first-order valence-electron chi connectivity index (χ1n) is 19.4. The molecule has 1 fully saturated rings. The number of pyridine rings is 1. The predicted molar refractivity (Wildman–Crippen MR) is 222 cm³/mol. The number of amidine groups is 1. The Kier molecular flexibility index (Phi) is 16.1. The van der Waals surface area contributed by atoms with E-state index in [1.165, 1.54) is 30.6 Å². The van der Waals surface area contributed by atoms with Crippen LogP contribution >= 0.6 is 23.1 Å². The summed E-state index contributed by atoms with van der Waals surface area (Å²) in [6, 6.07) is -1.16. The number of oxime groups is 1. The normalized spacial score (nSPS) is 18.1. The number of carbonyl (C=O) groups is 5. The second-order valence-corrected chi connectivity index (χ2v) is 18.0. The summed E-state index contributed by atoms with van der Waals surface area (Å²) in [5.74, 6) is -1.64. The number of alkyl carbamates (subject to hydrolysis) is 1. The molecule has 2 aliphatic rings. The fourth-order valence-corrected chi connectivity index (χ4v) is 6.59. The van der Waals surface area contributed by atoms with E-state index < -0.39 is 64.8 Å². The number of hydrogen-bond acceptors (Lipinski definition) is 17. The van der Waals surface area contributed by atoms with Crippen molar-refractivity contribution in [2.75, 3.05) is 25.6 Å². The van der Waals surface area contributed by atoms with Gasteiger partial charge < -0.3 is 39.2 Å². The van der Waals surface area contributed by atoms with Crippen LogP contribution in [-0.2, 0) is 33.4 Å². The number of hydrogen-bond donors (Lipinski definition) is 3. The zero-order valence-corrected chi connectivity index (χ0v) is 36.9. The number of thioether (sulfide) groups is 1. The Hall–Kier alpha value is -4.98. The molecule has 2 aliphatic heterocycles. The van der Waals surface area contributed by atoms with Gasteiger partial charge >= 0.3 is 18.0 Å². The molecule has 0 saturated carbocycles.